The molecule has 1 N–H and O–H groups in total. The van der Waals surface area contributed by atoms with Gasteiger partial charge in [-0.1, -0.05) is 0 Å². The second-order valence-electron chi connectivity index (χ2n) is 8.14. The Balaban J connectivity index is 2.90. The molecule has 0 bridgehead atoms. The average molecular weight is 371 g/mol. The van der Waals surface area contributed by atoms with Crippen LogP contribution in [0.5, 0.6) is 0 Å². The number of hydrogen-bond acceptors (Lipinski definition) is 3. The van der Waals surface area contributed by atoms with Gasteiger partial charge in [-0.25, -0.2) is 9.59 Å². The SMILES string of the molecule is Cc1c(C)c(C)c(-c2cc(C(=O)O)c(C)n2C)c(C(=O)OC(C)(C)C)c1C. The van der Waals surface area contributed by atoms with E-state index in [0.29, 0.717) is 17.0 Å². The smallest absolute Gasteiger partial charge is 0.339 e. The van der Waals surface area contributed by atoms with Crippen LogP contribution in [0, 0.1) is 34.6 Å². The summed E-state index contributed by atoms with van der Waals surface area (Å²) < 4.78 is 7.50. The average Bonchev–Trinajstić information content (AvgIpc) is 2.83. The molecule has 2 rings (SSSR count). The standard InChI is InChI=1S/C22H29NO4/c1-11-12(2)14(4)19(21(26)27-22(6,7)8)18(13(11)3)17-10-16(20(24)25)15(5)23(17)9/h10H,1-9H3,(H,24,25). The van der Waals surface area contributed by atoms with E-state index in [2.05, 4.69) is 0 Å². The Labute approximate surface area is 161 Å². The Morgan fingerprint density at radius 3 is 1.93 bits per heavy atom. The largest absolute Gasteiger partial charge is 0.478 e. The van der Waals surface area contributed by atoms with Gasteiger partial charge >= 0.3 is 11.9 Å². The highest BCUT2D eigenvalue weighted by atomic mass is 16.6. The molecule has 1 heterocycles. The number of nitrogens with zero attached hydrogens (tertiary/aromatic N) is 1. The van der Waals surface area contributed by atoms with Gasteiger partial charge in [-0.3, -0.25) is 0 Å². The zero-order chi connectivity index (χ0) is 20.8. The van der Waals surface area contributed by atoms with Crippen LogP contribution in [-0.2, 0) is 11.8 Å². The van der Waals surface area contributed by atoms with E-state index in [0.717, 1.165) is 27.8 Å². The molecule has 5 heteroatoms. The van der Waals surface area contributed by atoms with E-state index in [-0.39, 0.29) is 5.56 Å². The van der Waals surface area contributed by atoms with Crippen LogP contribution < -0.4 is 0 Å². The lowest BCUT2D eigenvalue weighted by molar-refractivity contribution is 0.00692. The number of carboxylic acids is 1. The fourth-order valence-corrected chi connectivity index (χ4v) is 3.37. The molecule has 0 radical (unpaired) electrons. The molecule has 0 saturated heterocycles. The first-order chi connectivity index (χ1) is 12.3. The first-order valence-electron chi connectivity index (χ1n) is 9.01. The van der Waals surface area contributed by atoms with E-state index in [1.54, 1.807) is 13.0 Å². The molecule has 1 aromatic heterocycles. The van der Waals surface area contributed by atoms with Gasteiger partial charge in [0.1, 0.15) is 5.60 Å². The summed E-state index contributed by atoms with van der Waals surface area (Å²) in [6.45, 7) is 15.2. The summed E-state index contributed by atoms with van der Waals surface area (Å²) in [4.78, 5) is 24.7. The molecule has 0 amide bonds. The molecule has 0 saturated carbocycles. The lowest BCUT2D eigenvalue weighted by atomic mass is 9.87. The van der Waals surface area contributed by atoms with Crippen LogP contribution in [0.15, 0.2) is 6.07 Å². The number of aromatic carboxylic acids is 1. The zero-order valence-electron chi connectivity index (χ0n) is 17.7. The highest BCUT2D eigenvalue weighted by Gasteiger charge is 2.28. The Kier molecular flexibility index (Phi) is 5.28. The maximum absolute atomic E-state index is 13.1. The van der Waals surface area contributed by atoms with Gasteiger partial charge in [-0.05, 0) is 83.7 Å². The van der Waals surface area contributed by atoms with Gasteiger partial charge in [0.15, 0.2) is 0 Å². The van der Waals surface area contributed by atoms with Crippen molar-refractivity contribution >= 4 is 11.9 Å². The van der Waals surface area contributed by atoms with E-state index < -0.39 is 17.5 Å². The maximum Gasteiger partial charge on any atom is 0.339 e. The Morgan fingerprint density at radius 2 is 1.48 bits per heavy atom. The first-order valence-corrected chi connectivity index (χ1v) is 9.01. The summed E-state index contributed by atoms with van der Waals surface area (Å²) in [6.07, 6.45) is 0. The Bertz CT molecular complexity index is 943. The van der Waals surface area contributed by atoms with Crippen LogP contribution in [0.1, 0.15) is 69.4 Å². The van der Waals surface area contributed by atoms with Gasteiger partial charge in [0, 0.05) is 24.0 Å². The van der Waals surface area contributed by atoms with Crippen LogP contribution in [0.3, 0.4) is 0 Å². The van der Waals surface area contributed by atoms with E-state index in [1.165, 1.54) is 0 Å². The van der Waals surface area contributed by atoms with Gasteiger partial charge < -0.3 is 14.4 Å². The molecule has 0 fully saturated rings. The predicted octanol–water partition coefficient (Wildman–Crippen LogP) is 4.89. The minimum atomic E-state index is -0.980. The quantitative estimate of drug-likeness (QED) is 0.780. The monoisotopic (exact) mass is 371 g/mol. The molecule has 1 aromatic carbocycles. The molecular weight excluding hydrogens is 342 g/mol. The summed E-state index contributed by atoms with van der Waals surface area (Å²) >= 11 is 0. The Hall–Kier alpha value is -2.56. The van der Waals surface area contributed by atoms with E-state index in [1.807, 2.05) is 60.1 Å². The topological polar surface area (TPSA) is 68.5 Å². The Morgan fingerprint density at radius 1 is 0.963 bits per heavy atom. The number of carbonyl (C=O) groups is 2. The molecule has 0 spiro atoms. The van der Waals surface area contributed by atoms with Gasteiger partial charge in [-0.2, -0.15) is 0 Å². The zero-order valence-corrected chi connectivity index (χ0v) is 17.7. The van der Waals surface area contributed by atoms with Crippen LogP contribution in [0.25, 0.3) is 11.3 Å². The van der Waals surface area contributed by atoms with E-state index >= 15 is 0 Å². The molecule has 2 aromatic rings. The summed E-state index contributed by atoms with van der Waals surface area (Å²) in [5.74, 6) is -1.37. The normalized spacial score (nSPS) is 11.6. The van der Waals surface area contributed by atoms with Crippen molar-refractivity contribution in [2.24, 2.45) is 7.05 Å². The molecule has 0 aliphatic rings. The first kappa shape index (κ1) is 20.7. The van der Waals surface area contributed by atoms with Crippen molar-refractivity contribution in [3.05, 3.63) is 45.1 Å². The number of ether oxygens (including phenoxy) is 1. The molecule has 146 valence electrons. The van der Waals surface area contributed by atoms with Gasteiger partial charge in [0.2, 0.25) is 0 Å². The summed E-state index contributed by atoms with van der Waals surface area (Å²) in [7, 11) is 1.82. The molecule has 0 aliphatic heterocycles. The second-order valence-corrected chi connectivity index (χ2v) is 8.14. The number of esters is 1. The number of carboxylic acid groups (broad SMARTS) is 1. The molecular formula is C22H29NO4. The molecule has 0 aliphatic carbocycles. The van der Waals surface area contributed by atoms with Crippen molar-refractivity contribution in [3.63, 3.8) is 0 Å². The van der Waals surface area contributed by atoms with Crippen LogP contribution in [-0.4, -0.2) is 27.2 Å². The van der Waals surface area contributed by atoms with Crippen molar-refractivity contribution in [1.29, 1.82) is 0 Å². The highest BCUT2D eigenvalue weighted by Crippen LogP contribution is 2.37. The van der Waals surface area contributed by atoms with Crippen LogP contribution >= 0.6 is 0 Å². The van der Waals surface area contributed by atoms with E-state index in [9.17, 15) is 14.7 Å². The van der Waals surface area contributed by atoms with Crippen molar-refractivity contribution < 1.29 is 19.4 Å². The number of carbonyl (C=O) groups excluding carboxylic acids is 1. The number of rotatable bonds is 3. The summed E-state index contributed by atoms with van der Waals surface area (Å²) in [5.41, 5.74) is 6.15. The third kappa shape index (κ3) is 3.64. The van der Waals surface area contributed by atoms with Gasteiger partial charge in [-0.15, -0.1) is 0 Å². The van der Waals surface area contributed by atoms with Crippen molar-refractivity contribution in [2.75, 3.05) is 0 Å². The number of aromatic nitrogens is 1. The maximum atomic E-state index is 13.1. The summed E-state index contributed by atoms with van der Waals surface area (Å²) in [5, 5.41) is 9.50. The molecule has 27 heavy (non-hydrogen) atoms. The molecule has 0 atom stereocenters. The highest BCUT2D eigenvalue weighted by molar-refractivity contribution is 6.01. The van der Waals surface area contributed by atoms with Crippen LogP contribution in [0.2, 0.25) is 0 Å². The summed E-state index contributed by atoms with van der Waals surface area (Å²) in [6, 6.07) is 1.64. The third-order valence-electron chi connectivity index (χ3n) is 5.31. The van der Waals surface area contributed by atoms with Crippen LogP contribution in [0.4, 0.5) is 0 Å². The fraction of sp³-hybridized carbons (Fsp3) is 0.455. The number of benzene rings is 1. The third-order valence-corrected chi connectivity index (χ3v) is 5.31. The number of hydrogen-bond donors (Lipinski definition) is 1. The predicted molar refractivity (Wildman–Crippen MR) is 107 cm³/mol. The molecule has 5 nitrogen and oxygen atoms in total. The van der Waals surface area contributed by atoms with Gasteiger partial charge in [0.05, 0.1) is 11.1 Å². The van der Waals surface area contributed by atoms with Crippen molar-refractivity contribution in [2.45, 2.75) is 61.0 Å². The van der Waals surface area contributed by atoms with Crippen molar-refractivity contribution in [1.82, 2.24) is 4.57 Å². The minimum Gasteiger partial charge on any atom is -0.478 e. The van der Waals surface area contributed by atoms with E-state index in [4.69, 9.17) is 4.74 Å². The minimum absolute atomic E-state index is 0.234. The lowest BCUT2D eigenvalue weighted by Crippen LogP contribution is -2.25. The van der Waals surface area contributed by atoms with Crippen molar-refractivity contribution in [3.8, 4) is 11.3 Å². The van der Waals surface area contributed by atoms with Gasteiger partial charge in [0.25, 0.3) is 0 Å². The fourth-order valence-electron chi connectivity index (χ4n) is 3.37. The lowest BCUT2D eigenvalue weighted by Gasteiger charge is -2.24. The molecule has 0 unspecified atom stereocenters. The second kappa shape index (κ2) is 6.87.